The van der Waals surface area contributed by atoms with Crippen LogP contribution in [0.4, 0.5) is 0 Å². The lowest BCUT2D eigenvalue weighted by atomic mass is 10.1. The Morgan fingerprint density at radius 1 is 1.36 bits per heavy atom. The average Bonchev–Trinajstić information content (AvgIpc) is 2.19. The minimum atomic E-state index is 1.04. The Balaban J connectivity index is 2.79. The van der Waals surface area contributed by atoms with E-state index in [-0.39, 0.29) is 0 Å². The molecule has 2 aromatic rings. The van der Waals surface area contributed by atoms with Gasteiger partial charge in [0.15, 0.2) is 0 Å². The van der Waals surface area contributed by atoms with Crippen molar-refractivity contribution in [1.29, 1.82) is 0 Å². The van der Waals surface area contributed by atoms with Gasteiger partial charge in [0.2, 0.25) is 0 Å². The molecule has 0 fully saturated rings. The lowest BCUT2D eigenvalue weighted by Crippen LogP contribution is -1.92. The number of aromatic nitrogens is 1. The molecule has 1 aromatic heterocycles. The zero-order valence-corrected chi connectivity index (χ0v) is 9.93. The van der Waals surface area contributed by atoms with Gasteiger partial charge in [-0.15, -0.1) is 0 Å². The van der Waals surface area contributed by atoms with Crippen LogP contribution in [0.15, 0.2) is 28.7 Å². The van der Waals surface area contributed by atoms with Crippen LogP contribution in [-0.2, 0) is 6.42 Å². The molecule has 0 atom stereocenters. The minimum absolute atomic E-state index is 1.04. The molecule has 0 aliphatic heterocycles. The highest BCUT2D eigenvalue weighted by atomic mass is 79.9. The summed E-state index contributed by atoms with van der Waals surface area (Å²) in [6, 6.07) is 8.40. The van der Waals surface area contributed by atoms with E-state index in [1.807, 2.05) is 12.1 Å². The van der Waals surface area contributed by atoms with Gasteiger partial charge in [-0.3, -0.25) is 4.98 Å². The number of hydrogen-bond donors (Lipinski definition) is 0. The van der Waals surface area contributed by atoms with Gasteiger partial charge in [-0.1, -0.05) is 19.1 Å². The van der Waals surface area contributed by atoms with Crippen LogP contribution >= 0.6 is 15.9 Å². The number of pyridine rings is 1. The van der Waals surface area contributed by atoms with E-state index in [1.165, 1.54) is 10.9 Å². The highest BCUT2D eigenvalue weighted by Gasteiger charge is 2.03. The number of benzene rings is 1. The Kier molecular flexibility index (Phi) is 2.55. The van der Waals surface area contributed by atoms with E-state index in [0.29, 0.717) is 0 Å². The zero-order valence-electron chi connectivity index (χ0n) is 8.34. The van der Waals surface area contributed by atoms with Gasteiger partial charge in [-0.2, -0.15) is 0 Å². The van der Waals surface area contributed by atoms with Crippen LogP contribution in [0, 0.1) is 6.92 Å². The van der Waals surface area contributed by atoms with Gasteiger partial charge in [0.05, 0.1) is 5.52 Å². The Morgan fingerprint density at radius 3 is 2.86 bits per heavy atom. The van der Waals surface area contributed by atoms with Crippen LogP contribution in [-0.4, -0.2) is 4.98 Å². The standard InChI is InChI=1S/C12H12BrN/c1-3-9-7-10-5-4-6-11(13)12(10)14-8(9)2/h4-7H,3H2,1-2H3. The molecule has 0 aliphatic carbocycles. The van der Waals surface area contributed by atoms with Gasteiger partial charge in [-0.25, -0.2) is 0 Å². The van der Waals surface area contributed by atoms with Crippen LogP contribution in [0.3, 0.4) is 0 Å². The minimum Gasteiger partial charge on any atom is -0.252 e. The van der Waals surface area contributed by atoms with Crippen LogP contribution < -0.4 is 0 Å². The second-order valence-corrected chi connectivity index (χ2v) is 4.25. The summed E-state index contributed by atoms with van der Waals surface area (Å²) < 4.78 is 1.07. The smallest absolute Gasteiger partial charge is 0.0847 e. The fourth-order valence-corrected chi connectivity index (χ4v) is 2.13. The van der Waals surface area contributed by atoms with Crippen molar-refractivity contribution < 1.29 is 0 Å². The molecule has 0 saturated heterocycles. The number of aryl methyl sites for hydroxylation is 2. The van der Waals surface area contributed by atoms with E-state index in [1.54, 1.807) is 0 Å². The number of halogens is 1. The topological polar surface area (TPSA) is 12.9 Å². The molecule has 0 N–H and O–H groups in total. The molecular weight excluding hydrogens is 238 g/mol. The highest BCUT2D eigenvalue weighted by molar-refractivity contribution is 9.10. The molecule has 2 heteroatoms. The molecule has 2 rings (SSSR count). The summed E-state index contributed by atoms with van der Waals surface area (Å²) in [5.74, 6) is 0. The summed E-state index contributed by atoms with van der Waals surface area (Å²) in [5, 5.41) is 1.21. The maximum Gasteiger partial charge on any atom is 0.0847 e. The fourth-order valence-electron chi connectivity index (χ4n) is 1.66. The lowest BCUT2D eigenvalue weighted by molar-refractivity contribution is 1.07. The number of para-hydroxylation sites is 1. The number of rotatable bonds is 1. The van der Waals surface area contributed by atoms with Crippen molar-refractivity contribution in [1.82, 2.24) is 4.98 Å². The average molecular weight is 250 g/mol. The van der Waals surface area contributed by atoms with E-state index >= 15 is 0 Å². The van der Waals surface area contributed by atoms with E-state index in [9.17, 15) is 0 Å². The SMILES string of the molecule is CCc1cc2cccc(Br)c2nc1C. The van der Waals surface area contributed by atoms with Crippen LogP contribution in [0.25, 0.3) is 10.9 Å². The Bertz CT molecular complexity index is 477. The van der Waals surface area contributed by atoms with Crippen molar-refractivity contribution >= 4 is 26.8 Å². The molecule has 14 heavy (non-hydrogen) atoms. The Hall–Kier alpha value is -0.890. The van der Waals surface area contributed by atoms with Crippen molar-refractivity contribution in [3.05, 3.63) is 40.0 Å². The van der Waals surface area contributed by atoms with E-state index in [4.69, 9.17) is 0 Å². The van der Waals surface area contributed by atoms with Crippen molar-refractivity contribution in [3.8, 4) is 0 Å². The monoisotopic (exact) mass is 249 g/mol. The highest BCUT2D eigenvalue weighted by Crippen LogP contribution is 2.24. The van der Waals surface area contributed by atoms with Gasteiger partial charge in [0.1, 0.15) is 0 Å². The first kappa shape index (κ1) is 9.66. The normalized spacial score (nSPS) is 10.8. The quantitative estimate of drug-likeness (QED) is 0.748. The van der Waals surface area contributed by atoms with Gasteiger partial charge in [0, 0.05) is 15.6 Å². The third-order valence-corrected chi connectivity index (χ3v) is 3.11. The summed E-state index contributed by atoms with van der Waals surface area (Å²) in [5.41, 5.74) is 3.52. The van der Waals surface area contributed by atoms with Crippen LogP contribution in [0.1, 0.15) is 18.2 Å². The first-order valence-corrected chi connectivity index (χ1v) is 5.56. The second kappa shape index (κ2) is 3.70. The molecule has 0 aliphatic rings. The van der Waals surface area contributed by atoms with E-state index in [0.717, 1.165) is 22.1 Å². The number of fused-ring (bicyclic) bond motifs is 1. The van der Waals surface area contributed by atoms with Crippen molar-refractivity contribution in [2.24, 2.45) is 0 Å². The van der Waals surface area contributed by atoms with Crippen LogP contribution in [0.5, 0.6) is 0 Å². The van der Waals surface area contributed by atoms with Gasteiger partial charge in [-0.05, 0) is 47.0 Å². The molecule has 0 unspecified atom stereocenters. The maximum atomic E-state index is 4.60. The third kappa shape index (κ3) is 1.55. The molecule has 1 aromatic carbocycles. The first-order chi connectivity index (χ1) is 6.72. The summed E-state index contributed by atoms with van der Waals surface area (Å²) in [7, 11) is 0. The molecule has 0 radical (unpaired) electrons. The maximum absolute atomic E-state index is 4.60. The molecule has 0 bridgehead atoms. The predicted molar refractivity (Wildman–Crippen MR) is 63.6 cm³/mol. The van der Waals surface area contributed by atoms with E-state index in [2.05, 4.69) is 46.9 Å². The van der Waals surface area contributed by atoms with Gasteiger partial charge < -0.3 is 0 Å². The summed E-state index contributed by atoms with van der Waals surface area (Å²) >= 11 is 3.51. The van der Waals surface area contributed by atoms with Crippen molar-refractivity contribution in [2.75, 3.05) is 0 Å². The fraction of sp³-hybridized carbons (Fsp3) is 0.250. The molecule has 1 nitrogen and oxygen atoms in total. The zero-order chi connectivity index (χ0) is 10.1. The van der Waals surface area contributed by atoms with Gasteiger partial charge >= 0.3 is 0 Å². The van der Waals surface area contributed by atoms with Crippen molar-refractivity contribution in [2.45, 2.75) is 20.3 Å². The summed E-state index contributed by atoms with van der Waals surface area (Å²) in [4.78, 5) is 4.60. The summed E-state index contributed by atoms with van der Waals surface area (Å²) in [6.45, 7) is 4.23. The van der Waals surface area contributed by atoms with Gasteiger partial charge in [0.25, 0.3) is 0 Å². The number of nitrogens with zero attached hydrogens (tertiary/aromatic N) is 1. The molecule has 72 valence electrons. The van der Waals surface area contributed by atoms with Crippen LogP contribution in [0.2, 0.25) is 0 Å². The molecule has 1 heterocycles. The number of hydrogen-bond acceptors (Lipinski definition) is 1. The molecule has 0 amide bonds. The Labute approximate surface area is 92.3 Å². The Morgan fingerprint density at radius 2 is 2.14 bits per heavy atom. The molecule has 0 spiro atoms. The second-order valence-electron chi connectivity index (χ2n) is 3.40. The first-order valence-electron chi connectivity index (χ1n) is 4.77. The predicted octanol–water partition coefficient (Wildman–Crippen LogP) is 3.87. The third-order valence-electron chi connectivity index (χ3n) is 2.47. The van der Waals surface area contributed by atoms with Crippen molar-refractivity contribution in [3.63, 3.8) is 0 Å². The molecule has 0 saturated carbocycles. The lowest BCUT2D eigenvalue weighted by Gasteiger charge is -2.06. The summed E-state index contributed by atoms with van der Waals surface area (Å²) in [6.07, 6.45) is 1.04. The van der Waals surface area contributed by atoms with E-state index < -0.39 is 0 Å². The largest absolute Gasteiger partial charge is 0.252 e. The molecular formula is C12H12BrN.